The Morgan fingerprint density at radius 2 is 1.77 bits per heavy atom. The third kappa shape index (κ3) is 3.47. The lowest BCUT2D eigenvalue weighted by Gasteiger charge is -2.43. The van der Waals surface area contributed by atoms with Crippen molar-refractivity contribution < 1.29 is 32.8 Å². The summed E-state index contributed by atoms with van der Waals surface area (Å²) in [4.78, 5) is 0. The van der Waals surface area contributed by atoms with Crippen LogP contribution >= 0.6 is 7.37 Å². The highest BCUT2D eigenvalue weighted by atomic mass is 31.2. The molecule has 0 amide bonds. The van der Waals surface area contributed by atoms with Gasteiger partial charge in [-0.2, -0.15) is 0 Å². The smallest absolute Gasteiger partial charge is 0.259 e. The minimum absolute atomic E-state index is 0.326. The van der Waals surface area contributed by atoms with Gasteiger partial charge in [-0.25, -0.2) is 0 Å². The van der Waals surface area contributed by atoms with Crippen LogP contribution in [0.3, 0.4) is 0 Å². The Labute approximate surface area is 155 Å². The molecule has 8 heteroatoms. The second-order valence-corrected chi connectivity index (χ2v) is 10.4. The van der Waals surface area contributed by atoms with E-state index >= 15 is 0 Å². The fourth-order valence-electron chi connectivity index (χ4n) is 3.77. The van der Waals surface area contributed by atoms with Crippen LogP contribution in [0.4, 0.5) is 0 Å². The highest BCUT2D eigenvalue weighted by molar-refractivity contribution is 7.64. The first-order chi connectivity index (χ1) is 12.0. The van der Waals surface area contributed by atoms with Crippen molar-refractivity contribution in [3.05, 3.63) is 24.0 Å². The highest BCUT2D eigenvalue weighted by Gasteiger charge is 2.63. The Balaban J connectivity index is 2.01. The predicted molar refractivity (Wildman–Crippen MR) is 96.0 cm³/mol. The largest absolute Gasteiger partial charge is 0.368 e. The second kappa shape index (κ2) is 6.82. The third-order valence-corrected chi connectivity index (χ3v) is 7.73. The summed E-state index contributed by atoms with van der Waals surface area (Å²) in [5.41, 5.74) is 0. The van der Waals surface area contributed by atoms with E-state index in [1.165, 1.54) is 7.11 Å². The summed E-state index contributed by atoms with van der Waals surface area (Å²) in [6, 6.07) is 0. The van der Waals surface area contributed by atoms with Crippen molar-refractivity contribution >= 4 is 7.37 Å². The Kier molecular flexibility index (Phi) is 5.30. The van der Waals surface area contributed by atoms with Gasteiger partial charge in [-0.15, -0.1) is 0 Å². The van der Waals surface area contributed by atoms with E-state index in [2.05, 4.69) is 6.58 Å². The van der Waals surface area contributed by atoms with E-state index in [9.17, 15) is 4.57 Å². The maximum Gasteiger partial charge on any atom is 0.259 e. The molecule has 3 heterocycles. The molecule has 0 spiro atoms. The number of rotatable bonds is 4. The predicted octanol–water partition coefficient (Wildman–Crippen LogP) is 3.40. The van der Waals surface area contributed by atoms with Gasteiger partial charge in [0, 0.05) is 12.4 Å². The van der Waals surface area contributed by atoms with Gasteiger partial charge < -0.3 is 28.2 Å². The zero-order valence-corrected chi connectivity index (χ0v) is 17.2. The first-order valence-corrected chi connectivity index (χ1v) is 10.5. The number of fused-ring (bicyclic) bond motifs is 1. The first-order valence-electron chi connectivity index (χ1n) is 8.81. The van der Waals surface area contributed by atoms with Gasteiger partial charge in [-0.1, -0.05) is 18.7 Å². The number of hydrogen-bond donors (Lipinski definition) is 0. The van der Waals surface area contributed by atoms with E-state index < -0.39 is 49.2 Å². The van der Waals surface area contributed by atoms with Crippen molar-refractivity contribution in [3.8, 4) is 0 Å². The number of allylic oxidation sites excluding steroid dienone is 3. The average molecular weight is 388 g/mol. The molecule has 0 saturated carbocycles. The quantitative estimate of drug-likeness (QED) is 0.540. The zero-order valence-electron chi connectivity index (χ0n) is 16.3. The van der Waals surface area contributed by atoms with Crippen LogP contribution in [0.5, 0.6) is 0 Å². The SMILES string of the molecule is C=C/C=C(\C)[P@@]1(=O)OC(C2COC(C)(C)O2)C2OC(C)(C)OC2C1OC. The summed E-state index contributed by atoms with van der Waals surface area (Å²) in [6.45, 7) is 13.1. The van der Waals surface area contributed by atoms with E-state index in [-0.39, 0.29) is 0 Å². The summed E-state index contributed by atoms with van der Waals surface area (Å²) in [5, 5.41) is 0.564. The molecule has 0 aliphatic carbocycles. The van der Waals surface area contributed by atoms with E-state index in [4.69, 9.17) is 28.2 Å². The van der Waals surface area contributed by atoms with Crippen molar-refractivity contribution in [2.24, 2.45) is 0 Å². The molecule has 3 aliphatic heterocycles. The van der Waals surface area contributed by atoms with Gasteiger partial charge in [0.25, 0.3) is 7.37 Å². The lowest BCUT2D eigenvalue weighted by molar-refractivity contribution is -0.174. The standard InChI is InChI=1S/C18H29O7P/c1-8-9-11(2)26(19)16(20-7)15-14(23-18(5,6)24-15)13(25-26)12-10-21-17(3,4)22-12/h8-9,12-16H,1,10H2,2-7H3/b11-9+/t12?,13?,14?,15?,16?,26-/m1/s1. The molecule has 0 aromatic heterocycles. The van der Waals surface area contributed by atoms with Crippen molar-refractivity contribution in [1.82, 2.24) is 0 Å². The fourth-order valence-corrected chi connectivity index (χ4v) is 6.29. The molecule has 6 atom stereocenters. The highest BCUT2D eigenvalue weighted by Crippen LogP contribution is 2.66. The number of hydrogen-bond acceptors (Lipinski definition) is 7. The lowest BCUT2D eigenvalue weighted by atomic mass is 10.0. The van der Waals surface area contributed by atoms with E-state index in [0.717, 1.165) is 0 Å². The van der Waals surface area contributed by atoms with Crippen molar-refractivity contribution in [1.29, 1.82) is 0 Å². The zero-order chi connectivity index (χ0) is 19.3. The molecule has 0 aromatic carbocycles. The van der Waals surface area contributed by atoms with Gasteiger partial charge in [0.2, 0.25) is 0 Å². The van der Waals surface area contributed by atoms with Crippen molar-refractivity contribution in [2.45, 2.75) is 76.5 Å². The Morgan fingerprint density at radius 3 is 2.31 bits per heavy atom. The Morgan fingerprint density at radius 1 is 1.12 bits per heavy atom. The van der Waals surface area contributed by atoms with Gasteiger partial charge >= 0.3 is 0 Å². The van der Waals surface area contributed by atoms with Gasteiger partial charge in [0.05, 0.1) is 6.61 Å². The Bertz CT molecular complexity index is 641. The normalized spacial score (nSPS) is 44.7. The van der Waals surface area contributed by atoms with Crippen LogP contribution in [-0.2, 0) is 32.8 Å². The first kappa shape index (κ1) is 20.2. The average Bonchev–Trinajstić information content (AvgIpc) is 3.05. The summed E-state index contributed by atoms with van der Waals surface area (Å²) < 4.78 is 49.5. The minimum Gasteiger partial charge on any atom is -0.368 e. The molecule has 3 saturated heterocycles. The molecular weight excluding hydrogens is 359 g/mol. The number of ether oxygens (including phenoxy) is 5. The molecule has 0 radical (unpaired) electrons. The molecule has 3 rings (SSSR count). The maximum absolute atomic E-state index is 13.9. The Hall–Kier alpha value is -0.530. The third-order valence-electron chi connectivity index (χ3n) is 4.87. The van der Waals surface area contributed by atoms with Crippen LogP contribution in [0.1, 0.15) is 34.6 Å². The summed E-state index contributed by atoms with van der Waals surface area (Å²) in [7, 11) is -1.87. The molecule has 7 nitrogen and oxygen atoms in total. The minimum atomic E-state index is -3.38. The van der Waals surface area contributed by atoms with Crippen LogP contribution in [0, 0.1) is 0 Å². The topological polar surface area (TPSA) is 72.5 Å². The molecule has 5 unspecified atom stereocenters. The molecule has 26 heavy (non-hydrogen) atoms. The van der Waals surface area contributed by atoms with E-state index in [0.29, 0.717) is 11.9 Å². The lowest BCUT2D eigenvalue weighted by Crippen LogP contribution is -2.54. The molecular formula is C18H29O7P. The van der Waals surface area contributed by atoms with Crippen LogP contribution in [0.15, 0.2) is 24.0 Å². The summed E-state index contributed by atoms with van der Waals surface area (Å²) in [6.07, 6.45) is 1.23. The van der Waals surface area contributed by atoms with Gasteiger partial charge in [0.15, 0.2) is 17.4 Å². The maximum atomic E-state index is 13.9. The molecule has 148 valence electrons. The molecule has 3 aliphatic rings. The van der Waals surface area contributed by atoms with Gasteiger partial charge in [-0.3, -0.25) is 4.57 Å². The summed E-state index contributed by atoms with van der Waals surface area (Å²) in [5.74, 6) is -2.34. The monoisotopic (exact) mass is 388 g/mol. The van der Waals surface area contributed by atoms with Crippen LogP contribution in [0.25, 0.3) is 0 Å². The van der Waals surface area contributed by atoms with Gasteiger partial charge in [0.1, 0.15) is 24.4 Å². The van der Waals surface area contributed by atoms with Crippen LogP contribution in [0.2, 0.25) is 0 Å². The fraction of sp³-hybridized carbons (Fsp3) is 0.778. The molecule has 0 bridgehead atoms. The van der Waals surface area contributed by atoms with E-state index in [1.807, 2.05) is 27.7 Å². The number of methoxy groups -OCH3 is 1. The van der Waals surface area contributed by atoms with Crippen molar-refractivity contribution in [2.75, 3.05) is 13.7 Å². The van der Waals surface area contributed by atoms with E-state index in [1.54, 1.807) is 19.1 Å². The molecule has 0 aromatic rings. The van der Waals surface area contributed by atoms with Gasteiger partial charge in [-0.05, 0) is 34.6 Å². The summed E-state index contributed by atoms with van der Waals surface area (Å²) >= 11 is 0. The molecule has 3 fully saturated rings. The van der Waals surface area contributed by atoms with Crippen molar-refractivity contribution in [3.63, 3.8) is 0 Å². The van der Waals surface area contributed by atoms with Crippen LogP contribution < -0.4 is 0 Å². The second-order valence-electron chi connectivity index (χ2n) is 7.77. The van der Waals surface area contributed by atoms with Crippen LogP contribution in [-0.4, -0.2) is 55.6 Å². The molecule has 0 N–H and O–H groups in total.